The van der Waals surface area contributed by atoms with Crippen LogP contribution in [0.3, 0.4) is 0 Å². The van der Waals surface area contributed by atoms with E-state index >= 15 is 0 Å². The standard InChI is InChI=1S/C18H33NO4Si/c1-10-14(23-24(8,9)18(5,6)7)13-11-12-15(20)19(13)16(21)22-17(2,3)4/h10,13-14H,1,11-12H2,2-9H3/t13-,14-/m1/s1. The van der Waals surface area contributed by atoms with Crippen molar-refractivity contribution in [1.82, 2.24) is 4.90 Å². The van der Waals surface area contributed by atoms with Crippen molar-refractivity contribution >= 4 is 20.3 Å². The van der Waals surface area contributed by atoms with Gasteiger partial charge in [0.2, 0.25) is 5.91 Å². The van der Waals surface area contributed by atoms with Crippen molar-refractivity contribution in [2.24, 2.45) is 0 Å². The second-order valence-corrected chi connectivity index (χ2v) is 13.7. The second kappa shape index (κ2) is 7.00. The first-order chi connectivity index (χ1) is 10.7. The van der Waals surface area contributed by atoms with E-state index in [9.17, 15) is 9.59 Å². The molecule has 24 heavy (non-hydrogen) atoms. The van der Waals surface area contributed by atoms with Gasteiger partial charge in [-0.15, -0.1) is 6.58 Å². The minimum absolute atomic E-state index is 0.0353. The fourth-order valence-corrected chi connectivity index (χ4v) is 3.65. The van der Waals surface area contributed by atoms with Crippen molar-refractivity contribution < 1.29 is 18.8 Å². The maximum Gasteiger partial charge on any atom is 0.417 e. The van der Waals surface area contributed by atoms with E-state index in [0.29, 0.717) is 12.8 Å². The van der Waals surface area contributed by atoms with E-state index < -0.39 is 20.0 Å². The van der Waals surface area contributed by atoms with E-state index in [2.05, 4.69) is 40.4 Å². The topological polar surface area (TPSA) is 55.8 Å². The number of ether oxygens (including phenoxy) is 1. The normalized spacial score (nSPS) is 20.9. The Morgan fingerprint density at radius 2 is 1.83 bits per heavy atom. The third-order valence-electron chi connectivity index (χ3n) is 4.69. The predicted octanol–water partition coefficient (Wildman–Crippen LogP) is 4.49. The quantitative estimate of drug-likeness (QED) is 0.551. The molecule has 2 atom stereocenters. The Balaban J connectivity index is 3.01. The average molecular weight is 356 g/mol. The molecule has 0 aliphatic carbocycles. The smallest absolute Gasteiger partial charge is 0.417 e. The predicted molar refractivity (Wildman–Crippen MR) is 98.4 cm³/mol. The maximum absolute atomic E-state index is 12.5. The van der Waals surface area contributed by atoms with E-state index in [-0.39, 0.29) is 23.1 Å². The summed E-state index contributed by atoms with van der Waals surface area (Å²) < 4.78 is 11.8. The largest absolute Gasteiger partial charge is 0.443 e. The lowest BCUT2D eigenvalue weighted by Gasteiger charge is -2.41. The summed E-state index contributed by atoms with van der Waals surface area (Å²) >= 11 is 0. The zero-order valence-corrected chi connectivity index (χ0v) is 17.4. The molecule has 1 fully saturated rings. The minimum atomic E-state index is -2.05. The van der Waals surface area contributed by atoms with Crippen LogP contribution in [0.15, 0.2) is 12.7 Å². The van der Waals surface area contributed by atoms with Crippen LogP contribution in [0.2, 0.25) is 18.1 Å². The number of amides is 2. The minimum Gasteiger partial charge on any atom is -0.443 e. The number of likely N-dealkylation sites (tertiary alicyclic amines) is 1. The van der Waals surface area contributed by atoms with Crippen LogP contribution < -0.4 is 0 Å². The Morgan fingerprint density at radius 3 is 2.25 bits per heavy atom. The van der Waals surface area contributed by atoms with Gasteiger partial charge >= 0.3 is 6.09 Å². The molecule has 1 aliphatic heterocycles. The van der Waals surface area contributed by atoms with Gasteiger partial charge < -0.3 is 9.16 Å². The Labute approximate surface area is 147 Å². The van der Waals surface area contributed by atoms with Crippen molar-refractivity contribution in [3.05, 3.63) is 12.7 Å². The van der Waals surface area contributed by atoms with Crippen LogP contribution in [0.25, 0.3) is 0 Å². The molecule has 0 unspecified atom stereocenters. The van der Waals surface area contributed by atoms with Gasteiger partial charge in [0.25, 0.3) is 0 Å². The van der Waals surface area contributed by atoms with Crippen molar-refractivity contribution in [3.8, 4) is 0 Å². The van der Waals surface area contributed by atoms with Crippen LogP contribution in [0.4, 0.5) is 4.79 Å². The van der Waals surface area contributed by atoms with Gasteiger partial charge in [-0.2, -0.15) is 0 Å². The molecular weight excluding hydrogens is 322 g/mol. The molecule has 0 aromatic carbocycles. The van der Waals surface area contributed by atoms with Crippen LogP contribution >= 0.6 is 0 Å². The van der Waals surface area contributed by atoms with E-state index in [1.165, 1.54) is 4.90 Å². The molecule has 1 rings (SSSR count). The molecule has 0 saturated carbocycles. The first kappa shape index (κ1) is 20.9. The van der Waals surface area contributed by atoms with Gasteiger partial charge in [0, 0.05) is 6.42 Å². The molecule has 2 amide bonds. The van der Waals surface area contributed by atoms with Crippen LogP contribution in [0.1, 0.15) is 54.4 Å². The summed E-state index contributed by atoms with van der Waals surface area (Å²) in [5, 5.41) is 0.0353. The highest BCUT2D eigenvalue weighted by molar-refractivity contribution is 6.74. The molecule has 0 radical (unpaired) electrons. The lowest BCUT2D eigenvalue weighted by Crippen LogP contribution is -2.52. The molecule has 138 valence electrons. The second-order valence-electron chi connectivity index (χ2n) is 8.93. The summed E-state index contributed by atoms with van der Waals surface area (Å²) in [6.45, 7) is 20.0. The zero-order valence-electron chi connectivity index (χ0n) is 16.4. The fraction of sp³-hybridized carbons (Fsp3) is 0.778. The van der Waals surface area contributed by atoms with Crippen LogP contribution in [-0.4, -0.2) is 43.0 Å². The summed E-state index contributed by atoms with van der Waals surface area (Å²) in [5.41, 5.74) is -0.644. The molecule has 0 N–H and O–H groups in total. The third kappa shape index (κ3) is 4.93. The molecule has 1 aliphatic rings. The fourth-order valence-electron chi connectivity index (χ4n) is 2.37. The molecular formula is C18H33NO4Si. The molecule has 5 nitrogen and oxygen atoms in total. The lowest BCUT2D eigenvalue weighted by atomic mass is 10.1. The molecule has 1 saturated heterocycles. The van der Waals surface area contributed by atoms with Crippen LogP contribution in [0, 0.1) is 0 Å². The van der Waals surface area contributed by atoms with Crippen LogP contribution in [0.5, 0.6) is 0 Å². The van der Waals surface area contributed by atoms with Gasteiger partial charge in [0.15, 0.2) is 8.32 Å². The van der Waals surface area contributed by atoms with E-state index in [4.69, 9.17) is 9.16 Å². The molecule has 0 aromatic heterocycles. The van der Waals surface area contributed by atoms with Crippen molar-refractivity contribution in [3.63, 3.8) is 0 Å². The summed E-state index contributed by atoms with van der Waals surface area (Å²) in [6, 6.07) is -0.348. The highest BCUT2D eigenvalue weighted by Crippen LogP contribution is 2.39. The SMILES string of the molecule is C=C[C@@H](O[Si](C)(C)C(C)(C)C)[C@H]1CCC(=O)N1C(=O)OC(C)(C)C. The van der Waals surface area contributed by atoms with Gasteiger partial charge in [0.05, 0.1) is 12.1 Å². The van der Waals surface area contributed by atoms with Gasteiger partial charge in [-0.1, -0.05) is 26.8 Å². The first-order valence-electron chi connectivity index (χ1n) is 8.55. The van der Waals surface area contributed by atoms with Gasteiger partial charge in [0.1, 0.15) is 5.60 Å². The van der Waals surface area contributed by atoms with Gasteiger partial charge in [-0.05, 0) is 45.3 Å². The van der Waals surface area contributed by atoms with Crippen molar-refractivity contribution in [2.75, 3.05) is 0 Å². The van der Waals surface area contributed by atoms with Crippen molar-refractivity contribution in [1.29, 1.82) is 0 Å². The average Bonchev–Trinajstić information content (AvgIpc) is 2.74. The maximum atomic E-state index is 12.5. The Kier molecular flexibility index (Phi) is 6.10. The monoisotopic (exact) mass is 355 g/mol. The molecule has 6 heteroatoms. The third-order valence-corrected chi connectivity index (χ3v) is 9.17. The van der Waals surface area contributed by atoms with Gasteiger partial charge in [-0.25, -0.2) is 9.69 Å². The Hall–Kier alpha value is -1.14. The number of hydrogen-bond acceptors (Lipinski definition) is 4. The summed E-state index contributed by atoms with van der Waals surface area (Å²) in [6.07, 6.45) is 1.64. The van der Waals surface area contributed by atoms with E-state index in [0.717, 1.165) is 0 Å². The number of hydrogen-bond donors (Lipinski definition) is 0. The first-order valence-corrected chi connectivity index (χ1v) is 11.5. The lowest BCUT2D eigenvalue weighted by molar-refractivity contribution is -0.129. The Morgan fingerprint density at radius 1 is 1.29 bits per heavy atom. The number of nitrogens with zero attached hydrogens (tertiary/aromatic N) is 1. The highest BCUT2D eigenvalue weighted by Gasteiger charge is 2.46. The number of carbonyl (C=O) groups excluding carboxylic acids is 2. The Bertz CT molecular complexity index is 502. The number of rotatable bonds is 4. The number of imide groups is 1. The molecule has 0 bridgehead atoms. The molecule has 0 aromatic rings. The van der Waals surface area contributed by atoms with E-state index in [1.807, 2.05) is 0 Å². The summed E-state index contributed by atoms with van der Waals surface area (Å²) in [5.74, 6) is -0.208. The van der Waals surface area contributed by atoms with Crippen LogP contribution in [-0.2, 0) is 14.0 Å². The zero-order chi connectivity index (χ0) is 18.9. The summed E-state index contributed by atoms with van der Waals surface area (Å²) in [4.78, 5) is 25.9. The molecule has 0 spiro atoms. The van der Waals surface area contributed by atoms with E-state index in [1.54, 1.807) is 26.8 Å². The number of carbonyl (C=O) groups is 2. The summed E-state index contributed by atoms with van der Waals surface area (Å²) in [7, 11) is -2.05. The van der Waals surface area contributed by atoms with Crippen molar-refractivity contribution in [2.45, 2.75) is 90.3 Å². The highest BCUT2D eigenvalue weighted by atomic mass is 28.4. The molecule has 1 heterocycles. The van der Waals surface area contributed by atoms with Gasteiger partial charge in [-0.3, -0.25) is 4.79 Å².